The summed E-state index contributed by atoms with van der Waals surface area (Å²) in [5.74, 6) is 0. The van der Waals surface area contributed by atoms with E-state index in [1.807, 2.05) is 7.05 Å². The minimum Gasteiger partial charge on any atom is -0.374 e. The standard InChI is InChI=1S/C24H29N3/c1-19(24(2,3)22-9-6-7-10-23(22)26-4)11-12-20-13-15-21(16-14-20)27(5)18-8-17-25/h6-7,9-16,26H,1,8,18H2,2-5H3/p+1/b12-11+. The monoisotopic (exact) mass is 360 g/mol. The second kappa shape index (κ2) is 9.21. The first-order valence-corrected chi connectivity index (χ1v) is 9.34. The molecule has 0 aromatic heterocycles. The van der Waals surface area contributed by atoms with Crippen LogP contribution in [0.5, 0.6) is 0 Å². The van der Waals surface area contributed by atoms with Gasteiger partial charge in [0.15, 0.2) is 0 Å². The smallest absolute Gasteiger partial charge is 0.133 e. The first kappa shape index (κ1) is 20.5. The van der Waals surface area contributed by atoms with Gasteiger partial charge in [0.1, 0.15) is 5.69 Å². The van der Waals surface area contributed by atoms with E-state index < -0.39 is 0 Å². The molecule has 0 saturated carbocycles. The molecular weight excluding hydrogens is 330 g/mol. The molecule has 0 heterocycles. The summed E-state index contributed by atoms with van der Waals surface area (Å²) in [5, 5.41) is 10.9. The summed E-state index contributed by atoms with van der Waals surface area (Å²) in [6.45, 7) is 9.51. The Morgan fingerprint density at radius 2 is 1.85 bits per heavy atom. The molecule has 2 N–H and O–H groups in total. The predicted molar refractivity (Wildman–Crippen MR) is 115 cm³/mol. The van der Waals surface area contributed by atoms with Crippen LogP contribution in [0, 0.1) is 11.3 Å². The van der Waals surface area contributed by atoms with E-state index in [9.17, 15) is 0 Å². The molecule has 0 aliphatic heterocycles. The third-order valence-corrected chi connectivity index (χ3v) is 5.12. The SMILES string of the molecule is C=C(/C=C/c1ccc(N(C)CCC#N)cc1)C(C)(C)c1ccccc1[NH2+]C. The lowest BCUT2D eigenvalue weighted by molar-refractivity contribution is -0.540. The van der Waals surface area contributed by atoms with Crippen LogP contribution in [-0.2, 0) is 5.41 Å². The van der Waals surface area contributed by atoms with Crippen LogP contribution in [0.3, 0.4) is 0 Å². The van der Waals surface area contributed by atoms with Crippen LogP contribution in [0.2, 0.25) is 0 Å². The van der Waals surface area contributed by atoms with Gasteiger partial charge >= 0.3 is 0 Å². The van der Waals surface area contributed by atoms with Gasteiger partial charge in [0, 0.05) is 30.3 Å². The molecule has 0 spiro atoms. The first-order valence-electron chi connectivity index (χ1n) is 9.34. The third kappa shape index (κ3) is 5.09. The minimum absolute atomic E-state index is 0.142. The highest BCUT2D eigenvalue weighted by molar-refractivity contribution is 5.60. The normalized spacial score (nSPS) is 11.4. The molecule has 0 atom stereocenters. The molecule has 0 aliphatic rings. The molecule has 0 saturated heterocycles. The van der Waals surface area contributed by atoms with Crippen molar-refractivity contribution >= 4 is 17.5 Å². The second-order valence-corrected chi connectivity index (χ2v) is 7.28. The zero-order chi connectivity index (χ0) is 19.9. The fraction of sp³-hybridized carbons (Fsp3) is 0.292. The van der Waals surface area contributed by atoms with Gasteiger partial charge in [-0.2, -0.15) is 5.26 Å². The summed E-state index contributed by atoms with van der Waals surface area (Å²) >= 11 is 0. The van der Waals surface area contributed by atoms with Gasteiger partial charge in [-0.25, -0.2) is 0 Å². The first-order chi connectivity index (χ1) is 12.9. The number of para-hydroxylation sites is 1. The van der Waals surface area contributed by atoms with E-state index in [0.29, 0.717) is 6.42 Å². The van der Waals surface area contributed by atoms with Crippen molar-refractivity contribution < 1.29 is 5.32 Å². The Balaban J connectivity index is 2.13. The lowest BCUT2D eigenvalue weighted by Crippen LogP contribution is -2.73. The van der Waals surface area contributed by atoms with Crippen LogP contribution in [0.4, 0.5) is 11.4 Å². The van der Waals surface area contributed by atoms with Crippen molar-refractivity contribution in [3.05, 3.63) is 77.9 Å². The van der Waals surface area contributed by atoms with Crippen molar-refractivity contribution in [3.8, 4) is 6.07 Å². The molecule has 2 aromatic carbocycles. The van der Waals surface area contributed by atoms with E-state index in [4.69, 9.17) is 5.26 Å². The minimum atomic E-state index is -0.142. The summed E-state index contributed by atoms with van der Waals surface area (Å²) in [4.78, 5) is 2.09. The van der Waals surface area contributed by atoms with Gasteiger partial charge in [-0.05, 0) is 29.3 Å². The van der Waals surface area contributed by atoms with Crippen molar-refractivity contribution in [2.45, 2.75) is 25.7 Å². The molecule has 3 nitrogen and oxygen atoms in total. The number of hydrogen-bond acceptors (Lipinski definition) is 2. The van der Waals surface area contributed by atoms with Crippen molar-refractivity contribution in [1.29, 1.82) is 5.26 Å². The third-order valence-electron chi connectivity index (χ3n) is 5.12. The van der Waals surface area contributed by atoms with E-state index >= 15 is 0 Å². The molecule has 0 bridgehead atoms. The van der Waals surface area contributed by atoms with E-state index in [1.54, 1.807) is 0 Å². The Labute approximate surface area is 163 Å². The van der Waals surface area contributed by atoms with Gasteiger partial charge in [0.2, 0.25) is 0 Å². The molecule has 3 heteroatoms. The highest BCUT2D eigenvalue weighted by Gasteiger charge is 2.26. The average molecular weight is 361 g/mol. The number of nitrogens with two attached hydrogens (primary N) is 1. The molecule has 0 unspecified atom stereocenters. The Hall–Kier alpha value is -2.83. The summed E-state index contributed by atoms with van der Waals surface area (Å²) in [6, 6.07) is 19.0. The number of allylic oxidation sites excluding steroid dienone is 2. The Morgan fingerprint density at radius 1 is 1.19 bits per heavy atom. The van der Waals surface area contributed by atoms with E-state index in [2.05, 4.69) is 104 Å². The Kier molecular flexibility index (Phi) is 6.98. The van der Waals surface area contributed by atoms with Gasteiger partial charge < -0.3 is 10.2 Å². The molecule has 27 heavy (non-hydrogen) atoms. The lowest BCUT2D eigenvalue weighted by Gasteiger charge is -2.27. The quantitative estimate of drug-likeness (QED) is 0.560. The number of anilines is 1. The summed E-state index contributed by atoms with van der Waals surface area (Å²) in [5.41, 5.74) is 5.73. The zero-order valence-electron chi connectivity index (χ0n) is 16.9. The Morgan fingerprint density at radius 3 is 2.48 bits per heavy atom. The van der Waals surface area contributed by atoms with Gasteiger partial charge in [0.05, 0.1) is 19.5 Å². The summed E-state index contributed by atoms with van der Waals surface area (Å²) in [6.07, 6.45) is 4.76. The second-order valence-electron chi connectivity index (χ2n) is 7.28. The van der Waals surface area contributed by atoms with E-state index in [1.165, 1.54) is 11.3 Å². The van der Waals surface area contributed by atoms with Gasteiger partial charge in [-0.15, -0.1) is 0 Å². The molecule has 140 valence electrons. The average Bonchev–Trinajstić information content (AvgIpc) is 2.70. The van der Waals surface area contributed by atoms with Crippen molar-refractivity contribution in [3.63, 3.8) is 0 Å². The Bertz CT molecular complexity index is 839. The largest absolute Gasteiger partial charge is 0.374 e. The molecule has 2 aromatic rings. The topological polar surface area (TPSA) is 43.6 Å². The summed E-state index contributed by atoms with van der Waals surface area (Å²) in [7, 11) is 4.08. The number of nitrogens with zero attached hydrogens (tertiary/aromatic N) is 2. The van der Waals surface area contributed by atoms with Gasteiger partial charge in [-0.1, -0.05) is 62.9 Å². The van der Waals surface area contributed by atoms with Crippen LogP contribution in [0.1, 0.15) is 31.4 Å². The van der Waals surface area contributed by atoms with Crippen LogP contribution in [0.25, 0.3) is 6.08 Å². The number of rotatable bonds is 8. The number of benzene rings is 2. The molecule has 0 radical (unpaired) electrons. The molecule has 2 rings (SSSR count). The maximum absolute atomic E-state index is 8.71. The summed E-state index contributed by atoms with van der Waals surface area (Å²) < 4.78 is 0. The number of quaternary nitrogens is 1. The van der Waals surface area contributed by atoms with E-state index in [-0.39, 0.29) is 5.41 Å². The van der Waals surface area contributed by atoms with Crippen molar-refractivity contribution in [2.75, 3.05) is 25.5 Å². The maximum atomic E-state index is 8.71. The van der Waals surface area contributed by atoms with Crippen molar-refractivity contribution in [1.82, 2.24) is 0 Å². The van der Waals surface area contributed by atoms with Gasteiger partial charge in [0.25, 0.3) is 0 Å². The van der Waals surface area contributed by atoms with Crippen LogP contribution < -0.4 is 10.2 Å². The highest BCUT2D eigenvalue weighted by atomic mass is 15.1. The van der Waals surface area contributed by atoms with Crippen LogP contribution in [-0.4, -0.2) is 20.6 Å². The fourth-order valence-electron chi connectivity index (χ4n) is 3.08. The van der Waals surface area contributed by atoms with Gasteiger partial charge in [-0.3, -0.25) is 0 Å². The zero-order valence-corrected chi connectivity index (χ0v) is 16.9. The fourth-order valence-corrected chi connectivity index (χ4v) is 3.08. The lowest BCUT2D eigenvalue weighted by atomic mass is 9.77. The molecule has 0 aliphatic carbocycles. The molecule has 0 fully saturated rings. The molecule has 0 amide bonds. The number of hydrogen-bond donors (Lipinski definition) is 1. The predicted octanol–water partition coefficient (Wildman–Crippen LogP) is 4.41. The van der Waals surface area contributed by atoms with Crippen LogP contribution in [0.15, 0.2) is 66.8 Å². The highest BCUT2D eigenvalue weighted by Crippen LogP contribution is 2.34. The van der Waals surface area contributed by atoms with E-state index in [0.717, 1.165) is 23.4 Å². The maximum Gasteiger partial charge on any atom is 0.133 e. The number of nitriles is 1. The molecular formula is C24H30N3+. The van der Waals surface area contributed by atoms with Crippen molar-refractivity contribution in [2.24, 2.45) is 0 Å². The van der Waals surface area contributed by atoms with Crippen LogP contribution >= 0.6 is 0 Å².